The average Bonchev–Trinajstić information content (AvgIpc) is 2.35. The van der Waals surface area contributed by atoms with Crippen LogP contribution in [0.25, 0.3) is 0 Å². The molecule has 0 aromatic heterocycles. The molecule has 1 aromatic rings. The van der Waals surface area contributed by atoms with E-state index in [4.69, 9.17) is 4.55 Å². The van der Waals surface area contributed by atoms with E-state index < -0.39 is 15.7 Å². The van der Waals surface area contributed by atoms with Gasteiger partial charge >= 0.3 is 0 Å². The fourth-order valence-electron chi connectivity index (χ4n) is 1.76. The van der Waals surface area contributed by atoms with Crippen LogP contribution in [0.5, 0.6) is 0 Å². The standard InChI is InChI=1S/C13H18N2O3S/c1-13(11-14,10-12-6-3-2-4-7-12)15-8-5-9-19(16,17)18/h2-4,6-7,15H,5,8-10H2,1H3,(H,16,17,18). The largest absolute Gasteiger partial charge is 0.299 e. The summed E-state index contributed by atoms with van der Waals surface area (Å²) in [5.74, 6) is -0.299. The van der Waals surface area contributed by atoms with E-state index in [1.54, 1.807) is 6.92 Å². The zero-order valence-electron chi connectivity index (χ0n) is 10.8. The van der Waals surface area contributed by atoms with Crippen LogP contribution >= 0.6 is 0 Å². The van der Waals surface area contributed by atoms with Crippen molar-refractivity contribution in [1.29, 1.82) is 5.26 Å². The van der Waals surface area contributed by atoms with Crippen molar-refractivity contribution in [2.45, 2.75) is 25.3 Å². The SMILES string of the molecule is CC(C#N)(Cc1ccccc1)NCCCS(=O)(=O)O. The zero-order chi connectivity index (χ0) is 14.4. The molecule has 0 radical (unpaired) electrons. The maximum Gasteiger partial charge on any atom is 0.264 e. The molecule has 0 aliphatic heterocycles. The lowest BCUT2D eigenvalue weighted by Crippen LogP contribution is -2.43. The molecule has 1 aromatic carbocycles. The Morgan fingerprint density at radius 1 is 1.37 bits per heavy atom. The van der Waals surface area contributed by atoms with E-state index in [0.717, 1.165) is 5.56 Å². The highest BCUT2D eigenvalue weighted by molar-refractivity contribution is 7.85. The Hall–Kier alpha value is -1.42. The molecule has 0 saturated carbocycles. The third-order valence-electron chi connectivity index (χ3n) is 2.74. The van der Waals surface area contributed by atoms with Gasteiger partial charge in [-0.05, 0) is 25.5 Å². The van der Waals surface area contributed by atoms with Crippen molar-refractivity contribution in [3.05, 3.63) is 35.9 Å². The van der Waals surface area contributed by atoms with Crippen LogP contribution < -0.4 is 5.32 Å². The van der Waals surface area contributed by atoms with Crippen LogP contribution in [0, 0.1) is 11.3 Å². The van der Waals surface area contributed by atoms with E-state index in [1.165, 1.54) is 0 Å². The van der Waals surface area contributed by atoms with Crippen LogP contribution in [0.3, 0.4) is 0 Å². The topological polar surface area (TPSA) is 90.2 Å². The van der Waals surface area contributed by atoms with Crippen LogP contribution in [0.15, 0.2) is 30.3 Å². The molecule has 6 heteroatoms. The highest BCUT2D eigenvalue weighted by Crippen LogP contribution is 2.12. The fourth-order valence-corrected chi connectivity index (χ4v) is 2.27. The van der Waals surface area contributed by atoms with Crippen molar-refractivity contribution >= 4 is 10.1 Å². The molecule has 0 heterocycles. The Kier molecular flexibility index (Phi) is 5.48. The maximum atomic E-state index is 10.6. The molecular weight excluding hydrogens is 264 g/mol. The van der Waals surface area contributed by atoms with Crippen LogP contribution in [-0.2, 0) is 16.5 Å². The molecule has 5 nitrogen and oxygen atoms in total. The van der Waals surface area contributed by atoms with Crippen molar-refractivity contribution in [3.63, 3.8) is 0 Å². The molecular formula is C13H18N2O3S. The maximum absolute atomic E-state index is 10.6. The first-order chi connectivity index (χ1) is 8.85. The molecule has 2 N–H and O–H groups in total. The van der Waals surface area contributed by atoms with E-state index >= 15 is 0 Å². The summed E-state index contributed by atoms with van der Waals surface area (Å²) in [6.45, 7) is 2.13. The molecule has 1 rings (SSSR count). The molecule has 0 aliphatic rings. The Morgan fingerprint density at radius 2 is 2.00 bits per heavy atom. The zero-order valence-corrected chi connectivity index (χ0v) is 11.7. The Bertz CT molecular complexity index is 537. The second-order valence-corrected chi connectivity index (χ2v) is 6.24. The fraction of sp³-hybridized carbons (Fsp3) is 0.462. The number of hydrogen-bond acceptors (Lipinski definition) is 4. The summed E-state index contributed by atoms with van der Waals surface area (Å²) < 4.78 is 29.8. The van der Waals surface area contributed by atoms with E-state index in [0.29, 0.717) is 13.0 Å². The first-order valence-corrected chi connectivity index (χ1v) is 7.61. The number of nitrogens with one attached hydrogen (secondary N) is 1. The molecule has 1 unspecified atom stereocenters. The van der Waals surface area contributed by atoms with Gasteiger partial charge in [0.05, 0.1) is 11.8 Å². The normalized spacial score (nSPS) is 14.6. The van der Waals surface area contributed by atoms with Gasteiger partial charge < -0.3 is 0 Å². The van der Waals surface area contributed by atoms with Gasteiger partial charge in [-0.1, -0.05) is 30.3 Å². The van der Waals surface area contributed by atoms with Gasteiger partial charge in [0, 0.05) is 6.42 Å². The number of hydrogen-bond donors (Lipinski definition) is 2. The monoisotopic (exact) mass is 282 g/mol. The van der Waals surface area contributed by atoms with Gasteiger partial charge in [0.1, 0.15) is 5.54 Å². The van der Waals surface area contributed by atoms with E-state index in [9.17, 15) is 13.7 Å². The number of benzene rings is 1. The minimum absolute atomic E-state index is 0.269. The lowest BCUT2D eigenvalue weighted by atomic mass is 9.94. The van der Waals surface area contributed by atoms with Gasteiger partial charge in [-0.15, -0.1) is 0 Å². The van der Waals surface area contributed by atoms with Crippen LogP contribution in [0.4, 0.5) is 0 Å². The molecule has 0 aliphatic carbocycles. The molecule has 1 atom stereocenters. The average molecular weight is 282 g/mol. The molecule has 0 spiro atoms. The van der Waals surface area contributed by atoms with Crippen molar-refractivity contribution in [2.75, 3.05) is 12.3 Å². The quantitative estimate of drug-likeness (QED) is 0.582. The molecule has 0 bridgehead atoms. The second-order valence-electron chi connectivity index (χ2n) is 4.67. The molecule has 0 fully saturated rings. The first-order valence-electron chi connectivity index (χ1n) is 6.00. The van der Waals surface area contributed by atoms with E-state index in [1.807, 2.05) is 30.3 Å². The van der Waals surface area contributed by atoms with Gasteiger partial charge in [0.15, 0.2) is 0 Å². The third kappa shape index (κ3) is 6.34. The number of rotatable bonds is 7. The number of nitriles is 1. The highest BCUT2D eigenvalue weighted by Gasteiger charge is 2.23. The molecule has 104 valence electrons. The van der Waals surface area contributed by atoms with Gasteiger partial charge in [-0.2, -0.15) is 13.7 Å². The lowest BCUT2D eigenvalue weighted by Gasteiger charge is -2.23. The van der Waals surface area contributed by atoms with E-state index in [-0.39, 0.29) is 12.2 Å². The number of nitrogens with zero attached hydrogens (tertiary/aromatic N) is 1. The van der Waals surface area contributed by atoms with Crippen LogP contribution in [0.1, 0.15) is 18.9 Å². The highest BCUT2D eigenvalue weighted by atomic mass is 32.2. The minimum atomic E-state index is -3.93. The van der Waals surface area contributed by atoms with Crippen LogP contribution in [-0.4, -0.2) is 30.8 Å². The third-order valence-corrected chi connectivity index (χ3v) is 3.55. The molecule has 19 heavy (non-hydrogen) atoms. The summed E-state index contributed by atoms with van der Waals surface area (Å²) in [5.41, 5.74) is 0.287. The summed E-state index contributed by atoms with van der Waals surface area (Å²) in [5, 5.41) is 12.3. The lowest BCUT2D eigenvalue weighted by molar-refractivity contribution is 0.439. The summed E-state index contributed by atoms with van der Waals surface area (Å²) in [4.78, 5) is 0. The molecule has 0 amide bonds. The van der Waals surface area contributed by atoms with Crippen molar-refractivity contribution in [2.24, 2.45) is 0 Å². The summed E-state index contributed by atoms with van der Waals surface area (Å²) in [6.07, 6.45) is 0.807. The van der Waals surface area contributed by atoms with Gasteiger partial charge in [0.25, 0.3) is 10.1 Å². The van der Waals surface area contributed by atoms with Gasteiger partial charge in [-0.3, -0.25) is 9.87 Å². The van der Waals surface area contributed by atoms with E-state index in [2.05, 4.69) is 11.4 Å². The summed E-state index contributed by atoms with van der Waals surface area (Å²) in [6, 6.07) is 11.8. The summed E-state index contributed by atoms with van der Waals surface area (Å²) in [7, 11) is -3.93. The summed E-state index contributed by atoms with van der Waals surface area (Å²) >= 11 is 0. The first kappa shape index (κ1) is 15.6. The van der Waals surface area contributed by atoms with Crippen molar-refractivity contribution < 1.29 is 13.0 Å². The Morgan fingerprint density at radius 3 is 2.53 bits per heavy atom. The minimum Gasteiger partial charge on any atom is -0.299 e. The predicted octanol–water partition coefficient (Wildman–Crippen LogP) is 1.38. The van der Waals surface area contributed by atoms with Crippen molar-refractivity contribution in [3.8, 4) is 6.07 Å². The Balaban J connectivity index is 2.50. The van der Waals surface area contributed by atoms with Crippen LogP contribution in [0.2, 0.25) is 0 Å². The van der Waals surface area contributed by atoms with Gasteiger partial charge in [-0.25, -0.2) is 0 Å². The smallest absolute Gasteiger partial charge is 0.264 e. The van der Waals surface area contributed by atoms with Gasteiger partial charge in [0.2, 0.25) is 0 Å². The second kappa shape index (κ2) is 6.66. The molecule has 0 saturated heterocycles. The van der Waals surface area contributed by atoms with Crippen molar-refractivity contribution in [1.82, 2.24) is 5.32 Å². The predicted molar refractivity (Wildman–Crippen MR) is 73.2 cm³/mol. The Labute approximate surface area is 114 Å².